The summed E-state index contributed by atoms with van der Waals surface area (Å²) in [5, 5.41) is 15.9. The van der Waals surface area contributed by atoms with Crippen LogP contribution in [0.25, 0.3) is 0 Å². The number of alkyl carbamates (subject to hydrolysis) is 1. The second-order valence-corrected chi connectivity index (χ2v) is 8.87. The topological polar surface area (TPSA) is 108 Å². The summed E-state index contributed by atoms with van der Waals surface area (Å²) in [6.45, 7) is 9.45. The zero-order valence-electron chi connectivity index (χ0n) is 18.2. The van der Waals surface area contributed by atoms with Crippen LogP contribution in [0.2, 0.25) is 0 Å². The van der Waals surface area contributed by atoms with Crippen molar-refractivity contribution >= 4 is 17.9 Å². The van der Waals surface area contributed by atoms with Gasteiger partial charge in [0.15, 0.2) is 0 Å². The standard InChI is InChI=1S/C21H35N3O5/c1-6-9-16(25)21(12-14(21)7-2)23-18(27)15-10-8-11-24(15)17(26)13-22-19(28)29-20(3,4)5/h9,14-15,25H,6-8,10-13H2,1-5H3,(H,22,28)(H,23,27)/b16-9+. The highest BCUT2D eigenvalue weighted by Gasteiger charge is 2.58. The fourth-order valence-corrected chi connectivity index (χ4v) is 3.93. The number of amides is 3. The average molecular weight is 410 g/mol. The van der Waals surface area contributed by atoms with Gasteiger partial charge in [0.05, 0.1) is 5.54 Å². The van der Waals surface area contributed by atoms with Crippen LogP contribution in [0.3, 0.4) is 0 Å². The summed E-state index contributed by atoms with van der Waals surface area (Å²) in [6.07, 6.45) is 4.60. The van der Waals surface area contributed by atoms with E-state index in [-0.39, 0.29) is 30.0 Å². The smallest absolute Gasteiger partial charge is 0.408 e. The Bertz CT molecular complexity index is 670. The number of nitrogens with one attached hydrogen (secondary N) is 2. The van der Waals surface area contributed by atoms with Gasteiger partial charge in [0, 0.05) is 6.54 Å². The lowest BCUT2D eigenvalue weighted by molar-refractivity contribution is -0.138. The number of carbonyl (C=O) groups excluding carboxylic acids is 3. The summed E-state index contributed by atoms with van der Waals surface area (Å²) in [5.74, 6) is -0.157. The van der Waals surface area contributed by atoms with Crippen LogP contribution in [0.4, 0.5) is 4.79 Å². The Balaban J connectivity index is 1.97. The molecule has 2 rings (SSSR count). The summed E-state index contributed by atoms with van der Waals surface area (Å²) >= 11 is 0. The number of ether oxygens (including phenoxy) is 1. The van der Waals surface area contributed by atoms with Gasteiger partial charge in [-0.2, -0.15) is 0 Å². The average Bonchev–Trinajstić information content (AvgIpc) is 3.11. The fraction of sp³-hybridized carbons (Fsp3) is 0.762. The molecule has 1 saturated heterocycles. The van der Waals surface area contributed by atoms with E-state index in [1.807, 2.05) is 13.8 Å². The Hall–Kier alpha value is -2.25. The second-order valence-electron chi connectivity index (χ2n) is 8.87. The monoisotopic (exact) mass is 409 g/mol. The van der Waals surface area contributed by atoms with Gasteiger partial charge in [0.2, 0.25) is 11.8 Å². The normalized spacial score (nSPS) is 26.8. The van der Waals surface area contributed by atoms with E-state index in [1.165, 1.54) is 4.90 Å². The number of hydrogen-bond acceptors (Lipinski definition) is 5. The minimum atomic E-state index is -0.700. The number of rotatable bonds is 7. The third-order valence-corrected chi connectivity index (χ3v) is 5.46. The van der Waals surface area contributed by atoms with E-state index in [2.05, 4.69) is 10.6 Å². The lowest BCUT2D eigenvalue weighted by Gasteiger charge is -2.27. The highest BCUT2D eigenvalue weighted by Crippen LogP contribution is 2.50. The maximum Gasteiger partial charge on any atom is 0.408 e. The molecule has 0 aromatic heterocycles. The van der Waals surface area contributed by atoms with E-state index in [1.54, 1.807) is 26.8 Å². The minimum Gasteiger partial charge on any atom is -0.510 e. The molecule has 0 bridgehead atoms. The SMILES string of the molecule is CC/C=C(/O)C1(NC(=O)C2CCCN2C(=O)CNC(=O)OC(C)(C)C)CC1CC. The first-order valence-electron chi connectivity index (χ1n) is 10.5. The number of allylic oxidation sites excluding steroid dienone is 1. The lowest BCUT2D eigenvalue weighted by Crippen LogP contribution is -2.52. The molecule has 3 amide bonds. The van der Waals surface area contributed by atoms with Gasteiger partial charge in [-0.1, -0.05) is 20.3 Å². The van der Waals surface area contributed by atoms with E-state index < -0.39 is 23.3 Å². The molecule has 1 aliphatic carbocycles. The number of aliphatic hydroxyl groups is 1. The van der Waals surface area contributed by atoms with Gasteiger partial charge in [0.25, 0.3) is 0 Å². The molecule has 3 atom stereocenters. The Morgan fingerprint density at radius 1 is 1.28 bits per heavy atom. The van der Waals surface area contributed by atoms with Crippen molar-refractivity contribution < 1.29 is 24.2 Å². The van der Waals surface area contributed by atoms with Crippen LogP contribution in [-0.4, -0.2) is 58.2 Å². The predicted molar refractivity (Wildman–Crippen MR) is 109 cm³/mol. The maximum atomic E-state index is 13.0. The molecular formula is C21H35N3O5. The van der Waals surface area contributed by atoms with E-state index in [9.17, 15) is 19.5 Å². The highest BCUT2D eigenvalue weighted by molar-refractivity contribution is 5.90. The van der Waals surface area contributed by atoms with Crippen molar-refractivity contribution in [3.8, 4) is 0 Å². The van der Waals surface area contributed by atoms with Crippen molar-refractivity contribution in [3.05, 3.63) is 11.8 Å². The molecule has 164 valence electrons. The Kier molecular flexibility index (Phi) is 7.19. The van der Waals surface area contributed by atoms with Crippen LogP contribution >= 0.6 is 0 Å². The van der Waals surface area contributed by atoms with Crippen LogP contribution in [0.1, 0.15) is 66.7 Å². The second kappa shape index (κ2) is 9.05. The van der Waals surface area contributed by atoms with Gasteiger partial charge in [-0.3, -0.25) is 9.59 Å². The summed E-state index contributed by atoms with van der Waals surface area (Å²) in [7, 11) is 0. The van der Waals surface area contributed by atoms with Crippen LogP contribution in [0.15, 0.2) is 11.8 Å². The van der Waals surface area contributed by atoms with Crippen LogP contribution in [0, 0.1) is 5.92 Å². The van der Waals surface area contributed by atoms with Crippen molar-refractivity contribution in [2.24, 2.45) is 5.92 Å². The summed E-state index contributed by atoms with van der Waals surface area (Å²) < 4.78 is 5.14. The summed E-state index contributed by atoms with van der Waals surface area (Å²) in [4.78, 5) is 38.8. The molecule has 0 spiro atoms. The van der Waals surface area contributed by atoms with Crippen LogP contribution < -0.4 is 10.6 Å². The van der Waals surface area contributed by atoms with Gasteiger partial charge >= 0.3 is 6.09 Å². The van der Waals surface area contributed by atoms with Gasteiger partial charge < -0.3 is 25.4 Å². The number of carbonyl (C=O) groups is 3. The fourth-order valence-electron chi connectivity index (χ4n) is 3.93. The van der Waals surface area contributed by atoms with Crippen molar-refractivity contribution in [2.75, 3.05) is 13.1 Å². The third kappa shape index (κ3) is 5.64. The predicted octanol–water partition coefficient (Wildman–Crippen LogP) is 2.64. The quantitative estimate of drug-likeness (QED) is 0.560. The van der Waals surface area contributed by atoms with Gasteiger partial charge in [-0.25, -0.2) is 4.79 Å². The van der Waals surface area contributed by atoms with Crippen molar-refractivity contribution in [3.63, 3.8) is 0 Å². The van der Waals surface area contributed by atoms with Crippen molar-refractivity contribution in [2.45, 2.75) is 83.9 Å². The Morgan fingerprint density at radius 2 is 1.97 bits per heavy atom. The molecule has 1 heterocycles. The number of hydrogen-bond donors (Lipinski definition) is 3. The van der Waals surface area contributed by atoms with Crippen molar-refractivity contribution in [1.82, 2.24) is 15.5 Å². The van der Waals surface area contributed by atoms with Gasteiger partial charge in [-0.05, 0) is 58.4 Å². The molecule has 8 nitrogen and oxygen atoms in total. The molecule has 2 aliphatic rings. The minimum absolute atomic E-state index is 0.202. The van der Waals surface area contributed by atoms with E-state index in [4.69, 9.17) is 4.74 Å². The molecule has 3 N–H and O–H groups in total. The first kappa shape index (κ1) is 23.0. The molecule has 29 heavy (non-hydrogen) atoms. The number of likely N-dealkylation sites (tertiary alicyclic amines) is 1. The van der Waals surface area contributed by atoms with Gasteiger partial charge in [0.1, 0.15) is 23.9 Å². The molecule has 3 unspecified atom stereocenters. The van der Waals surface area contributed by atoms with E-state index in [0.29, 0.717) is 25.8 Å². The zero-order valence-corrected chi connectivity index (χ0v) is 18.2. The molecular weight excluding hydrogens is 374 g/mol. The lowest BCUT2D eigenvalue weighted by atomic mass is 10.1. The largest absolute Gasteiger partial charge is 0.510 e. The maximum absolute atomic E-state index is 13.0. The van der Waals surface area contributed by atoms with E-state index in [0.717, 1.165) is 12.8 Å². The first-order chi connectivity index (χ1) is 13.5. The summed E-state index contributed by atoms with van der Waals surface area (Å²) in [6, 6.07) is -0.590. The Morgan fingerprint density at radius 3 is 2.52 bits per heavy atom. The summed E-state index contributed by atoms with van der Waals surface area (Å²) in [5.41, 5.74) is -1.35. The first-order valence-corrected chi connectivity index (χ1v) is 10.5. The molecule has 0 radical (unpaired) electrons. The molecule has 8 heteroatoms. The van der Waals surface area contributed by atoms with Crippen LogP contribution in [-0.2, 0) is 14.3 Å². The number of nitrogens with zero attached hydrogens (tertiary/aromatic N) is 1. The Labute approximate surface area is 173 Å². The van der Waals surface area contributed by atoms with Gasteiger partial charge in [-0.15, -0.1) is 0 Å². The van der Waals surface area contributed by atoms with Crippen LogP contribution in [0.5, 0.6) is 0 Å². The van der Waals surface area contributed by atoms with Crippen molar-refractivity contribution in [1.29, 1.82) is 0 Å². The number of aliphatic hydroxyl groups excluding tert-OH is 1. The zero-order chi connectivity index (χ0) is 21.8. The molecule has 0 aromatic carbocycles. The molecule has 2 fully saturated rings. The molecule has 1 saturated carbocycles. The molecule has 0 aromatic rings. The molecule has 1 aliphatic heterocycles. The van der Waals surface area contributed by atoms with E-state index >= 15 is 0 Å². The highest BCUT2D eigenvalue weighted by atomic mass is 16.6. The third-order valence-electron chi connectivity index (χ3n) is 5.46.